The summed E-state index contributed by atoms with van der Waals surface area (Å²) in [6.07, 6.45) is -5.67. The van der Waals surface area contributed by atoms with Gasteiger partial charge in [-0.2, -0.15) is 13.2 Å². The molecule has 0 fully saturated rings. The van der Waals surface area contributed by atoms with E-state index in [0.717, 1.165) is 0 Å². The molecule has 5 heteroatoms. The molecule has 0 aromatic rings. The molecule has 13 heavy (non-hydrogen) atoms. The van der Waals surface area contributed by atoms with Gasteiger partial charge in [0.15, 0.2) is 0 Å². The molecule has 0 N–H and O–H groups in total. The third-order valence-electron chi connectivity index (χ3n) is 1.73. The molecular weight excluding hydrogens is 185 g/mol. The van der Waals surface area contributed by atoms with Crippen LogP contribution in [-0.4, -0.2) is 18.2 Å². The van der Waals surface area contributed by atoms with Crippen LogP contribution in [0.15, 0.2) is 0 Å². The maximum atomic E-state index is 11.7. The highest BCUT2D eigenvalue weighted by molar-refractivity contribution is 5.75. The second-order valence-electron chi connectivity index (χ2n) is 3.91. The average molecular weight is 198 g/mol. The van der Waals surface area contributed by atoms with Crippen molar-refractivity contribution in [2.24, 2.45) is 5.41 Å². The minimum atomic E-state index is -4.90. The minimum Gasteiger partial charge on any atom is -0.455 e. The van der Waals surface area contributed by atoms with Gasteiger partial charge in [-0.1, -0.05) is 20.8 Å². The van der Waals surface area contributed by atoms with Crippen molar-refractivity contribution in [2.45, 2.75) is 40.0 Å². The van der Waals surface area contributed by atoms with Gasteiger partial charge in [-0.3, -0.25) is 0 Å². The highest BCUT2D eigenvalue weighted by Gasteiger charge is 2.43. The SMILES string of the molecule is CC(OC(=O)C(F)(F)F)C(C)(C)C. The second kappa shape index (κ2) is 3.55. The predicted octanol–water partition coefficient (Wildman–Crippen LogP) is 2.53. The van der Waals surface area contributed by atoms with Crippen molar-refractivity contribution in [3.8, 4) is 0 Å². The maximum absolute atomic E-state index is 11.7. The van der Waals surface area contributed by atoms with Crippen molar-refractivity contribution in [2.75, 3.05) is 0 Å². The van der Waals surface area contributed by atoms with Gasteiger partial charge < -0.3 is 4.74 Å². The molecule has 1 atom stereocenters. The summed E-state index contributed by atoms with van der Waals surface area (Å²) in [4.78, 5) is 10.4. The highest BCUT2D eigenvalue weighted by atomic mass is 19.4. The molecule has 78 valence electrons. The Kier molecular flexibility index (Phi) is 3.35. The Bertz CT molecular complexity index is 191. The van der Waals surface area contributed by atoms with E-state index >= 15 is 0 Å². The predicted molar refractivity (Wildman–Crippen MR) is 41.1 cm³/mol. The van der Waals surface area contributed by atoms with Crippen molar-refractivity contribution in [3.05, 3.63) is 0 Å². The first kappa shape index (κ1) is 12.3. The van der Waals surface area contributed by atoms with E-state index < -0.39 is 23.7 Å². The Hall–Kier alpha value is -0.740. The van der Waals surface area contributed by atoms with Gasteiger partial charge in [0.25, 0.3) is 0 Å². The quantitative estimate of drug-likeness (QED) is 0.605. The molecule has 0 aliphatic heterocycles. The number of esters is 1. The lowest BCUT2D eigenvalue weighted by atomic mass is 9.90. The zero-order valence-electron chi connectivity index (χ0n) is 8.03. The molecule has 0 saturated carbocycles. The van der Waals surface area contributed by atoms with E-state index in [1.807, 2.05) is 0 Å². The molecule has 0 aromatic heterocycles. The fourth-order valence-corrected chi connectivity index (χ4v) is 0.404. The molecular formula is C8H13F3O2. The molecule has 0 radical (unpaired) electrons. The van der Waals surface area contributed by atoms with E-state index in [2.05, 4.69) is 4.74 Å². The first-order valence-corrected chi connectivity index (χ1v) is 3.83. The van der Waals surface area contributed by atoms with Crippen LogP contribution in [0.1, 0.15) is 27.7 Å². The molecule has 0 aliphatic carbocycles. The molecule has 0 aromatic carbocycles. The molecule has 0 bridgehead atoms. The number of hydrogen-bond donors (Lipinski definition) is 0. The largest absolute Gasteiger partial charge is 0.490 e. The van der Waals surface area contributed by atoms with E-state index in [-0.39, 0.29) is 0 Å². The lowest BCUT2D eigenvalue weighted by molar-refractivity contribution is -0.208. The molecule has 0 saturated heterocycles. The van der Waals surface area contributed by atoms with Gasteiger partial charge in [0.2, 0.25) is 0 Å². The van der Waals surface area contributed by atoms with Crippen molar-refractivity contribution in [3.63, 3.8) is 0 Å². The first-order valence-electron chi connectivity index (χ1n) is 3.83. The van der Waals surface area contributed by atoms with Crippen LogP contribution < -0.4 is 0 Å². The molecule has 0 amide bonds. The molecule has 0 rings (SSSR count). The normalized spacial score (nSPS) is 15.3. The summed E-state index contributed by atoms with van der Waals surface area (Å²) in [5.41, 5.74) is -0.485. The molecule has 0 aliphatic rings. The third kappa shape index (κ3) is 4.15. The van der Waals surface area contributed by atoms with Crippen LogP contribution in [0, 0.1) is 5.41 Å². The monoisotopic (exact) mass is 198 g/mol. The van der Waals surface area contributed by atoms with Gasteiger partial charge >= 0.3 is 12.1 Å². The Labute approximate surface area is 75.1 Å². The molecule has 2 nitrogen and oxygen atoms in total. The van der Waals surface area contributed by atoms with Gasteiger partial charge in [0, 0.05) is 0 Å². The van der Waals surface area contributed by atoms with E-state index in [9.17, 15) is 18.0 Å². The zero-order chi connectivity index (χ0) is 10.9. The van der Waals surface area contributed by atoms with Gasteiger partial charge in [0.05, 0.1) is 0 Å². The summed E-state index contributed by atoms with van der Waals surface area (Å²) in [5.74, 6) is -2.13. The number of ether oxygens (including phenoxy) is 1. The summed E-state index contributed by atoms with van der Waals surface area (Å²) in [5, 5.41) is 0. The van der Waals surface area contributed by atoms with Crippen molar-refractivity contribution in [1.29, 1.82) is 0 Å². The Morgan fingerprint density at radius 1 is 1.23 bits per heavy atom. The van der Waals surface area contributed by atoms with Gasteiger partial charge in [-0.15, -0.1) is 0 Å². The van der Waals surface area contributed by atoms with Crippen LogP contribution in [0.2, 0.25) is 0 Å². The average Bonchev–Trinajstić information content (AvgIpc) is 1.82. The van der Waals surface area contributed by atoms with Crippen LogP contribution in [0.3, 0.4) is 0 Å². The minimum absolute atomic E-state index is 0.485. The van der Waals surface area contributed by atoms with Gasteiger partial charge in [0.1, 0.15) is 6.10 Å². The standard InChI is InChI=1S/C8H13F3O2/c1-5(7(2,3)4)13-6(12)8(9,10)11/h5H,1-4H3. The fourth-order valence-electron chi connectivity index (χ4n) is 0.404. The number of carbonyl (C=O) groups is 1. The third-order valence-corrected chi connectivity index (χ3v) is 1.73. The van der Waals surface area contributed by atoms with Gasteiger partial charge in [-0.25, -0.2) is 4.79 Å². The zero-order valence-corrected chi connectivity index (χ0v) is 8.03. The van der Waals surface area contributed by atoms with Crippen LogP contribution in [0.4, 0.5) is 13.2 Å². The van der Waals surface area contributed by atoms with Crippen LogP contribution in [-0.2, 0) is 9.53 Å². The second-order valence-corrected chi connectivity index (χ2v) is 3.91. The number of alkyl halides is 3. The molecule has 0 spiro atoms. The summed E-state index contributed by atoms with van der Waals surface area (Å²) in [6.45, 7) is 6.52. The Morgan fingerprint density at radius 2 is 1.62 bits per heavy atom. The Morgan fingerprint density at radius 3 is 1.85 bits per heavy atom. The smallest absolute Gasteiger partial charge is 0.455 e. The van der Waals surface area contributed by atoms with Crippen molar-refractivity contribution in [1.82, 2.24) is 0 Å². The summed E-state index contributed by atoms with van der Waals surface area (Å²) >= 11 is 0. The topological polar surface area (TPSA) is 26.3 Å². The van der Waals surface area contributed by atoms with Crippen LogP contribution >= 0.6 is 0 Å². The number of rotatable bonds is 1. The van der Waals surface area contributed by atoms with E-state index in [1.54, 1.807) is 20.8 Å². The van der Waals surface area contributed by atoms with E-state index in [0.29, 0.717) is 0 Å². The number of carbonyl (C=O) groups excluding carboxylic acids is 1. The lowest BCUT2D eigenvalue weighted by Gasteiger charge is -2.27. The number of halogens is 3. The van der Waals surface area contributed by atoms with Crippen molar-refractivity contribution >= 4 is 5.97 Å². The summed E-state index contributed by atoms with van der Waals surface area (Å²) in [7, 11) is 0. The van der Waals surface area contributed by atoms with Gasteiger partial charge in [-0.05, 0) is 12.3 Å². The van der Waals surface area contributed by atoms with Crippen LogP contribution in [0.5, 0.6) is 0 Å². The Balaban J connectivity index is 4.24. The molecule has 1 unspecified atom stereocenters. The lowest BCUT2D eigenvalue weighted by Crippen LogP contribution is -2.34. The first-order chi connectivity index (χ1) is 5.55. The summed E-state index contributed by atoms with van der Waals surface area (Å²) in [6, 6.07) is 0. The molecule has 0 heterocycles. The highest BCUT2D eigenvalue weighted by Crippen LogP contribution is 2.25. The summed E-state index contributed by atoms with van der Waals surface area (Å²) < 4.78 is 39.4. The van der Waals surface area contributed by atoms with E-state index in [1.165, 1.54) is 6.92 Å². The van der Waals surface area contributed by atoms with Crippen LogP contribution in [0.25, 0.3) is 0 Å². The van der Waals surface area contributed by atoms with Crippen molar-refractivity contribution < 1.29 is 22.7 Å². The van der Waals surface area contributed by atoms with E-state index in [4.69, 9.17) is 0 Å². The maximum Gasteiger partial charge on any atom is 0.490 e. The number of hydrogen-bond acceptors (Lipinski definition) is 2. The fraction of sp³-hybridized carbons (Fsp3) is 0.875.